The fourth-order valence-electron chi connectivity index (χ4n) is 2.51. The molecular formula is C21H12Cl4F4N4O4. The summed E-state index contributed by atoms with van der Waals surface area (Å²) in [5, 5.41) is 18.9. The summed E-state index contributed by atoms with van der Waals surface area (Å²) in [6.45, 7) is 1.46. The molecule has 1 amide bonds. The monoisotopic (exact) mass is 600 g/mol. The Balaban J connectivity index is 0.000000604. The zero-order valence-corrected chi connectivity index (χ0v) is 21.1. The maximum atomic E-state index is 15.0. The molecular weight excluding hydrogens is 590 g/mol. The quantitative estimate of drug-likeness (QED) is 0.279. The van der Waals surface area contributed by atoms with Gasteiger partial charge >= 0.3 is 12.1 Å². The highest BCUT2D eigenvalue weighted by Crippen LogP contribution is 2.39. The van der Waals surface area contributed by atoms with Crippen molar-refractivity contribution in [2.24, 2.45) is 0 Å². The number of amides is 1. The largest absolute Gasteiger partial charge is 0.490 e. The second kappa shape index (κ2) is 12.3. The number of ether oxygens (including phenoxy) is 1. The van der Waals surface area contributed by atoms with Gasteiger partial charge in [-0.05, 0) is 19.1 Å². The van der Waals surface area contributed by atoms with Crippen molar-refractivity contribution in [3.05, 3.63) is 72.9 Å². The topological polar surface area (TPSA) is 128 Å². The van der Waals surface area contributed by atoms with Crippen LogP contribution in [0.4, 0.5) is 17.6 Å². The molecule has 2 aromatic carbocycles. The molecule has 3 N–H and O–H groups in total. The maximum Gasteiger partial charge on any atom is 0.490 e. The summed E-state index contributed by atoms with van der Waals surface area (Å²) in [6, 6.07) is 7.34. The second-order valence-corrected chi connectivity index (χ2v) is 8.38. The molecule has 0 saturated carbocycles. The smallest absolute Gasteiger partial charge is 0.475 e. The number of aromatic amines is 1. The molecule has 1 aromatic heterocycles. The first-order valence-electron chi connectivity index (χ1n) is 9.50. The summed E-state index contributed by atoms with van der Waals surface area (Å²) >= 11 is 24.0. The van der Waals surface area contributed by atoms with Gasteiger partial charge in [0.05, 0.1) is 10.6 Å². The highest BCUT2D eigenvalue weighted by Gasteiger charge is 2.38. The number of aryl methyl sites for hydroxylation is 1. The third kappa shape index (κ3) is 7.87. The lowest BCUT2D eigenvalue weighted by Crippen LogP contribution is -2.24. The lowest BCUT2D eigenvalue weighted by Gasteiger charge is -2.14. The lowest BCUT2D eigenvalue weighted by atomic mass is 10.2. The Bertz CT molecular complexity index is 1390. The summed E-state index contributed by atoms with van der Waals surface area (Å²) in [5.74, 6) is -4.03. The Hall–Kier alpha value is -3.24. The number of nitrogens with one attached hydrogen (secondary N) is 2. The van der Waals surface area contributed by atoms with Gasteiger partial charge in [-0.1, -0.05) is 52.5 Å². The van der Waals surface area contributed by atoms with Gasteiger partial charge in [0.2, 0.25) is 0 Å². The number of hydrogen-bond donors (Lipinski definition) is 3. The number of imidazole rings is 1. The van der Waals surface area contributed by atoms with Crippen molar-refractivity contribution in [1.29, 1.82) is 5.26 Å². The summed E-state index contributed by atoms with van der Waals surface area (Å²) in [4.78, 5) is 27.8. The number of rotatable bonds is 5. The number of H-pyrrole nitrogens is 1. The van der Waals surface area contributed by atoms with Crippen LogP contribution in [0.3, 0.4) is 0 Å². The Morgan fingerprint density at radius 2 is 1.84 bits per heavy atom. The second-order valence-electron chi connectivity index (χ2n) is 6.80. The standard InChI is InChI=1S/C19H11Cl4FN4O2.C2HF3O2/c1-8-27-16(18(23)28-8)19(29)26-7-9-2-3-12(21)17(15(9)24)30-13-5-11(20)4-10(6-25)14(13)22;3-2(4,5)1(6)7/h2-5H,7H2,1H3,(H,26,29)(H,27,28);(H,6,7). The molecule has 0 bridgehead atoms. The maximum absolute atomic E-state index is 15.0. The average molecular weight is 602 g/mol. The number of carbonyl (C=O) groups is 2. The summed E-state index contributed by atoms with van der Waals surface area (Å²) in [7, 11) is 0. The zero-order chi connectivity index (χ0) is 28.1. The number of aliphatic carboxylic acids is 1. The van der Waals surface area contributed by atoms with Crippen molar-refractivity contribution in [2.75, 3.05) is 0 Å². The minimum absolute atomic E-state index is 0.00879. The van der Waals surface area contributed by atoms with Crippen molar-refractivity contribution >= 4 is 58.3 Å². The number of carboxylic acid groups (broad SMARTS) is 1. The SMILES string of the molecule is Cc1nc(Cl)c(C(=O)NCc2ccc(Cl)c(Oc3cc(Cl)cc(C#N)c3Cl)c2F)[nH]1.O=C(O)C(F)(F)F. The molecule has 0 aliphatic heterocycles. The summed E-state index contributed by atoms with van der Waals surface area (Å²) in [6.07, 6.45) is -5.08. The summed E-state index contributed by atoms with van der Waals surface area (Å²) in [5.41, 5.74) is 0.217. The highest BCUT2D eigenvalue weighted by molar-refractivity contribution is 6.35. The van der Waals surface area contributed by atoms with E-state index in [1.54, 1.807) is 6.92 Å². The molecule has 0 aliphatic rings. The van der Waals surface area contributed by atoms with E-state index in [1.165, 1.54) is 24.3 Å². The molecule has 0 radical (unpaired) electrons. The Morgan fingerprint density at radius 3 is 2.35 bits per heavy atom. The number of nitriles is 1. The number of benzene rings is 2. The third-order valence-corrected chi connectivity index (χ3v) is 5.33. The summed E-state index contributed by atoms with van der Waals surface area (Å²) < 4.78 is 52.3. The molecule has 37 heavy (non-hydrogen) atoms. The van der Waals surface area contributed by atoms with Crippen LogP contribution in [0.2, 0.25) is 20.2 Å². The average Bonchev–Trinajstić information content (AvgIpc) is 3.15. The first-order valence-corrected chi connectivity index (χ1v) is 11.0. The van der Waals surface area contributed by atoms with Crippen LogP contribution >= 0.6 is 46.4 Å². The molecule has 0 atom stereocenters. The Morgan fingerprint density at radius 1 is 1.22 bits per heavy atom. The van der Waals surface area contributed by atoms with Crippen LogP contribution in [0.1, 0.15) is 27.4 Å². The van der Waals surface area contributed by atoms with E-state index in [4.69, 9.17) is 66.3 Å². The predicted octanol–water partition coefficient (Wildman–Crippen LogP) is 6.70. The molecule has 3 rings (SSSR count). The molecule has 3 aromatic rings. The fourth-order valence-corrected chi connectivity index (χ4v) is 3.35. The van der Waals surface area contributed by atoms with Gasteiger partial charge in [0, 0.05) is 23.2 Å². The van der Waals surface area contributed by atoms with E-state index in [9.17, 15) is 18.0 Å². The van der Waals surface area contributed by atoms with Crippen LogP contribution in [-0.4, -0.2) is 33.1 Å². The molecule has 8 nitrogen and oxygen atoms in total. The van der Waals surface area contributed by atoms with Gasteiger partial charge in [0.25, 0.3) is 5.91 Å². The van der Waals surface area contributed by atoms with E-state index in [1.807, 2.05) is 6.07 Å². The predicted molar refractivity (Wildman–Crippen MR) is 126 cm³/mol. The van der Waals surface area contributed by atoms with Crippen molar-refractivity contribution in [1.82, 2.24) is 15.3 Å². The van der Waals surface area contributed by atoms with E-state index in [0.717, 1.165) is 0 Å². The molecule has 0 fully saturated rings. The van der Waals surface area contributed by atoms with Crippen LogP contribution < -0.4 is 10.1 Å². The van der Waals surface area contributed by atoms with E-state index < -0.39 is 23.9 Å². The number of carboxylic acids is 1. The van der Waals surface area contributed by atoms with Gasteiger partial charge in [-0.25, -0.2) is 14.2 Å². The minimum atomic E-state index is -5.08. The van der Waals surface area contributed by atoms with E-state index in [2.05, 4.69) is 15.3 Å². The van der Waals surface area contributed by atoms with Gasteiger partial charge in [0.15, 0.2) is 16.7 Å². The number of nitrogens with zero attached hydrogens (tertiary/aromatic N) is 2. The first-order chi connectivity index (χ1) is 17.1. The molecule has 1 heterocycles. The van der Waals surface area contributed by atoms with Crippen molar-refractivity contribution in [3.63, 3.8) is 0 Å². The number of hydrogen-bond acceptors (Lipinski definition) is 5. The van der Waals surface area contributed by atoms with E-state index >= 15 is 4.39 Å². The first kappa shape index (κ1) is 30.0. The molecule has 16 heteroatoms. The molecule has 0 spiro atoms. The van der Waals surface area contributed by atoms with Gasteiger partial charge in [-0.3, -0.25) is 4.79 Å². The lowest BCUT2D eigenvalue weighted by molar-refractivity contribution is -0.192. The van der Waals surface area contributed by atoms with Gasteiger partial charge in [-0.15, -0.1) is 0 Å². The van der Waals surface area contributed by atoms with Crippen molar-refractivity contribution in [3.8, 4) is 17.6 Å². The minimum Gasteiger partial charge on any atom is -0.475 e. The van der Waals surface area contributed by atoms with E-state index in [-0.39, 0.29) is 55.1 Å². The molecule has 0 saturated heterocycles. The van der Waals surface area contributed by atoms with Crippen LogP contribution in [0.5, 0.6) is 11.5 Å². The fraction of sp³-hybridized carbons (Fsp3) is 0.143. The normalized spacial score (nSPS) is 10.7. The van der Waals surface area contributed by atoms with Crippen LogP contribution in [0.25, 0.3) is 0 Å². The number of halogens is 8. The number of alkyl halides is 3. The highest BCUT2D eigenvalue weighted by atomic mass is 35.5. The van der Waals surface area contributed by atoms with Crippen molar-refractivity contribution < 1.29 is 37.0 Å². The van der Waals surface area contributed by atoms with E-state index in [0.29, 0.717) is 5.82 Å². The number of aromatic nitrogens is 2. The van der Waals surface area contributed by atoms with Gasteiger partial charge < -0.3 is 20.1 Å². The van der Waals surface area contributed by atoms with Crippen LogP contribution in [0, 0.1) is 24.1 Å². The molecule has 0 aliphatic carbocycles. The van der Waals surface area contributed by atoms with Crippen LogP contribution in [-0.2, 0) is 11.3 Å². The molecule has 196 valence electrons. The number of carbonyl (C=O) groups excluding carboxylic acids is 1. The van der Waals surface area contributed by atoms with Gasteiger partial charge in [-0.2, -0.15) is 18.4 Å². The van der Waals surface area contributed by atoms with Crippen molar-refractivity contribution in [2.45, 2.75) is 19.6 Å². The third-order valence-electron chi connectivity index (χ3n) is 4.15. The van der Waals surface area contributed by atoms with Gasteiger partial charge in [0.1, 0.15) is 28.4 Å². The van der Waals surface area contributed by atoms with Crippen LogP contribution in [0.15, 0.2) is 24.3 Å². The Labute approximate surface area is 225 Å². The molecule has 0 unspecified atom stereocenters. The Kier molecular flexibility index (Phi) is 10.00. The zero-order valence-electron chi connectivity index (χ0n) is 18.1.